The van der Waals surface area contributed by atoms with Gasteiger partial charge in [0.2, 0.25) is 0 Å². The first-order valence-corrected chi connectivity index (χ1v) is 17.7. The molecule has 2 aromatic heterocycles. The highest BCUT2D eigenvalue weighted by atomic mass is 14.8. The molecule has 0 atom stereocenters. The van der Waals surface area contributed by atoms with Crippen LogP contribution in [0.1, 0.15) is 0 Å². The van der Waals surface area contributed by atoms with E-state index in [1.54, 1.807) is 0 Å². The summed E-state index contributed by atoms with van der Waals surface area (Å²) in [7, 11) is 0. The van der Waals surface area contributed by atoms with Crippen molar-refractivity contribution in [3.8, 4) is 55.9 Å². The van der Waals surface area contributed by atoms with Gasteiger partial charge in [-0.1, -0.05) is 170 Å². The molecular formula is C50H32N2. The third-order valence-corrected chi connectivity index (χ3v) is 10.2. The number of hydrogen-bond donors (Lipinski definition) is 0. The zero-order valence-corrected chi connectivity index (χ0v) is 28.4. The molecule has 2 nitrogen and oxygen atoms in total. The molecule has 10 rings (SSSR count). The van der Waals surface area contributed by atoms with Crippen molar-refractivity contribution in [3.63, 3.8) is 0 Å². The number of pyridine rings is 2. The van der Waals surface area contributed by atoms with Gasteiger partial charge in [-0.2, -0.15) is 0 Å². The molecular weight excluding hydrogens is 629 g/mol. The lowest BCUT2D eigenvalue weighted by molar-refractivity contribution is 1.37. The molecule has 0 radical (unpaired) electrons. The third-order valence-electron chi connectivity index (χ3n) is 10.2. The van der Waals surface area contributed by atoms with Crippen molar-refractivity contribution in [2.45, 2.75) is 0 Å². The van der Waals surface area contributed by atoms with Crippen molar-refractivity contribution in [1.29, 1.82) is 0 Å². The van der Waals surface area contributed by atoms with Crippen molar-refractivity contribution in [2.75, 3.05) is 0 Å². The van der Waals surface area contributed by atoms with Crippen molar-refractivity contribution < 1.29 is 0 Å². The Kier molecular flexibility index (Phi) is 7.18. The quantitative estimate of drug-likeness (QED) is 0.136. The van der Waals surface area contributed by atoms with Gasteiger partial charge >= 0.3 is 0 Å². The number of nitrogens with zero attached hydrogens (tertiary/aromatic N) is 2. The highest BCUT2D eigenvalue weighted by Crippen LogP contribution is 2.46. The Morgan fingerprint density at radius 2 is 0.635 bits per heavy atom. The van der Waals surface area contributed by atoms with Crippen LogP contribution in [0.15, 0.2) is 194 Å². The molecule has 0 spiro atoms. The fraction of sp³-hybridized carbons (Fsp3) is 0. The van der Waals surface area contributed by atoms with E-state index in [4.69, 9.17) is 9.97 Å². The molecule has 2 heterocycles. The summed E-state index contributed by atoms with van der Waals surface area (Å²) in [5, 5.41) is 7.03. The first-order valence-electron chi connectivity index (χ1n) is 17.7. The van der Waals surface area contributed by atoms with Crippen molar-refractivity contribution in [1.82, 2.24) is 9.97 Å². The van der Waals surface area contributed by atoms with Gasteiger partial charge in [0.25, 0.3) is 0 Å². The van der Waals surface area contributed by atoms with Crippen LogP contribution >= 0.6 is 0 Å². The lowest BCUT2D eigenvalue weighted by atomic mass is 9.84. The SMILES string of the molecule is c1ccc(-c2ccc3c(-c4ccccc4)c4cc(-c5ccc6ccc7ccc(-c8ccccc8)nc7c6n5)ccc4c(-c4ccccc4)c3c2)cc1. The third kappa shape index (κ3) is 5.12. The largest absolute Gasteiger partial charge is 0.245 e. The van der Waals surface area contributed by atoms with Gasteiger partial charge in [-0.15, -0.1) is 0 Å². The van der Waals surface area contributed by atoms with E-state index in [2.05, 4.69) is 188 Å². The lowest BCUT2D eigenvalue weighted by Gasteiger charge is -2.19. The second kappa shape index (κ2) is 12.5. The van der Waals surface area contributed by atoms with Crippen molar-refractivity contribution >= 4 is 43.4 Å². The molecule has 0 aliphatic carbocycles. The highest BCUT2D eigenvalue weighted by Gasteiger charge is 2.19. The molecule has 0 unspecified atom stereocenters. The summed E-state index contributed by atoms with van der Waals surface area (Å²) in [6.45, 7) is 0. The van der Waals surface area contributed by atoms with Crippen LogP contribution in [-0.2, 0) is 0 Å². The number of hydrogen-bond acceptors (Lipinski definition) is 2. The van der Waals surface area contributed by atoms with Gasteiger partial charge in [0.15, 0.2) is 0 Å². The Morgan fingerprint density at radius 3 is 1.13 bits per heavy atom. The summed E-state index contributed by atoms with van der Waals surface area (Å²) in [5.41, 5.74) is 13.1. The van der Waals surface area contributed by atoms with E-state index in [1.807, 2.05) is 6.07 Å². The minimum Gasteiger partial charge on any atom is -0.245 e. The standard InChI is InChI=1S/C50H32N2/c1-5-13-33(14-6-1)39-23-27-41-43(31-39)47(35-17-9-3-10-18-35)42-28-24-40(32-44(42)48(41)36-19-11-4-12-20-36)46-30-26-38-22-21-37-25-29-45(34-15-7-2-8-16-34)51-49(37)50(38)52-46/h1-32H. The van der Waals surface area contributed by atoms with Crippen LogP contribution in [0, 0.1) is 0 Å². The number of aromatic nitrogens is 2. The Hall–Kier alpha value is -6.90. The number of rotatable bonds is 5. The van der Waals surface area contributed by atoms with Gasteiger partial charge in [0.05, 0.1) is 22.4 Å². The molecule has 0 bridgehead atoms. The topological polar surface area (TPSA) is 25.8 Å². The van der Waals surface area contributed by atoms with Crippen LogP contribution in [-0.4, -0.2) is 9.97 Å². The zero-order chi connectivity index (χ0) is 34.4. The van der Waals surface area contributed by atoms with Gasteiger partial charge < -0.3 is 0 Å². The van der Waals surface area contributed by atoms with Gasteiger partial charge in [-0.25, -0.2) is 9.97 Å². The minimum absolute atomic E-state index is 0.910. The maximum Gasteiger partial charge on any atom is 0.0972 e. The van der Waals surface area contributed by atoms with Crippen molar-refractivity contribution in [2.24, 2.45) is 0 Å². The Balaban J connectivity index is 1.24. The smallest absolute Gasteiger partial charge is 0.0972 e. The molecule has 0 aliphatic rings. The molecule has 0 saturated heterocycles. The summed E-state index contributed by atoms with van der Waals surface area (Å²) in [5.74, 6) is 0. The molecule has 10 aromatic rings. The first-order chi connectivity index (χ1) is 25.8. The zero-order valence-electron chi connectivity index (χ0n) is 28.4. The fourth-order valence-corrected chi connectivity index (χ4v) is 7.73. The summed E-state index contributed by atoms with van der Waals surface area (Å²) < 4.78 is 0. The number of benzene rings is 8. The Labute approximate surface area is 302 Å². The van der Waals surface area contributed by atoms with Crippen LogP contribution in [0.4, 0.5) is 0 Å². The van der Waals surface area contributed by atoms with E-state index < -0.39 is 0 Å². The summed E-state index contributed by atoms with van der Waals surface area (Å²) in [6.07, 6.45) is 0. The predicted molar refractivity (Wildman–Crippen MR) is 219 cm³/mol. The second-order valence-corrected chi connectivity index (χ2v) is 13.3. The molecule has 242 valence electrons. The molecule has 2 heteroatoms. The van der Waals surface area contributed by atoms with Gasteiger partial charge in [0, 0.05) is 21.9 Å². The average Bonchev–Trinajstić information content (AvgIpc) is 3.23. The van der Waals surface area contributed by atoms with Crippen LogP contribution in [0.5, 0.6) is 0 Å². The van der Waals surface area contributed by atoms with Crippen molar-refractivity contribution in [3.05, 3.63) is 194 Å². The normalized spacial score (nSPS) is 11.5. The molecule has 0 N–H and O–H groups in total. The first kappa shape index (κ1) is 30.0. The van der Waals surface area contributed by atoms with Crippen LogP contribution in [0.2, 0.25) is 0 Å². The second-order valence-electron chi connectivity index (χ2n) is 13.3. The highest BCUT2D eigenvalue weighted by molar-refractivity contribution is 6.22. The Bertz CT molecular complexity index is 2920. The van der Waals surface area contributed by atoms with Gasteiger partial charge in [-0.05, 0) is 79.2 Å². The van der Waals surface area contributed by atoms with Crippen LogP contribution in [0.3, 0.4) is 0 Å². The van der Waals surface area contributed by atoms with Crippen LogP contribution in [0.25, 0.3) is 99.2 Å². The van der Waals surface area contributed by atoms with E-state index in [0.29, 0.717) is 0 Å². The van der Waals surface area contributed by atoms with Gasteiger partial charge in [-0.3, -0.25) is 0 Å². The molecule has 52 heavy (non-hydrogen) atoms. The maximum absolute atomic E-state index is 5.34. The Morgan fingerprint density at radius 1 is 0.250 bits per heavy atom. The monoisotopic (exact) mass is 660 g/mol. The minimum atomic E-state index is 0.910. The summed E-state index contributed by atoms with van der Waals surface area (Å²) in [4.78, 5) is 10.5. The van der Waals surface area contributed by atoms with E-state index in [1.165, 1.54) is 54.9 Å². The fourth-order valence-electron chi connectivity index (χ4n) is 7.73. The molecule has 8 aromatic carbocycles. The molecule has 0 aliphatic heterocycles. The molecule has 0 amide bonds. The lowest BCUT2D eigenvalue weighted by Crippen LogP contribution is -1.94. The van der Waals surface area contributed by atoms with Crippen LogP contribution < -0.4 is 0 Å². The predicted octanol–water partition coefficient (Wildman–Crippen LogP) is 13.4. The van der Waals surface area contributed by atoms with E-state index in [0.717, 1.165) is 44.3 Å². The van der Waals surface area contributed by atoms with Gasteiger partial charge in [0.1, 0.15) is 0 Å². The van der Waals surface area contributed by atoms with E-state index in [9.17, 15) is 0 Å². The van der Waals surface area contributed by atoms with E-state index >= 15 is 0 Å². The van der Waals surface area contributed by atoms with E-state index in [-0.39, 0.29) is 0 Å². The average molecular weight is 661 g/mol. The maximum atomic E-state index is 5.34. The molecule has 0 fully saturated rings. The summed E-state index contributed by atoms with van der Waals surface area (Å²) in [6, 6.07) is 69.3. The molecule has 0 saturated carbocycles. The number of fused-ring (bicyclic) bond motifs is 5. The summed E-state index contributed by atoms with van der Waals surface area (Å²) >= 11 is 0.